The molecule has 0 unspecified atom stereocenters. The Morgan fingerprint density at radius 1 is 1.11 bits per heavy atom. The van der Waals surface area contributed by atoms with Crippen molar-refractivity contribution in [2.75, 3.05) is 10.8 Å². The first-order valence-electron chi connectivity index (χ1n) is 11.6. The first-order valence-corrected chi connectivity index (χ1v) is 13.4. The Hall–Kier alpha value is -3.24. The van der Waals surface area contributed by atoms with Gasteiger partial charge in [0.1, 0.15) is 11.9 Å². The fraction of sp³-hybridized carbons (Fsp3) is 0.296. The van der Waals surface area contributed by atoms with Crippen molar-refractivity contribution in [2.45, 2.75) is 44.4 Å². The zero-order valence-corrected chi connectivity index (χ0v) is 22.3. The van der Waals surface area contributed by atoms with E-state index in [-0.39, 0.29) is 24.4 Å². The van der Waals surface area contributed by atoms with Crippen LogP contribution >= 0.6 is 11.6 Å². The Balaban J connectivity index is 1.86. The number of aryl methyl sites for hydroxylation is 1. The second-order valence-corrected chi connectivity index (χ2v) is 12.1. The van der Waals surface area contributed by atoms with Crippen LogP contribution in [0.1, 0.15) is 31.4 Å². The van der Waals surface area contributed by atoms with Crippen molar-refractivity contribution < 1.29 is 36.2 Å². The summed E-state index contributed by atoms with van der Waals surface area (Å²) in [5.74, 6) is -0.924. The van der Waals surface area contributed by atoms with E-state index in [1.54, 1.807) is 30.3 Å². The molecule has 0 radical (unpaired) electrons. The molecule has 1 heterocycles. The van der Waals surface area contributed by atoms with Gasteiger partial charge in [0.2, 0.25) is 0 Å². The van der Waals surface area contributed by atoms with Crippen LogP contribution < -0.4 is 9.04 Å². The molecular weight excluding hydrogens is 543 g/mol. The van der Waals surface area contributed by atoms with Crippen LogP contribution in [0.4, 0.5) is 18.9 Å². The molecule has 1 N–H and O–H groups in total. The molecule has 0 saturated carbocycles. The number of nitrogens with zero attached hydrogens (tertiary/aromatic N) is 1. The van der Waals surface area contributed by atoms with Crippen LogP contribution in [-0.2, 0) is 21.0 Å². The number of fused-ring (bicyclic) bond motifs is 1. The van der Waals surface area contributed by atoms with Crippen molar-refractivity contribution >= 4 is 33.3 Å². The van der Waals surface area contributed by atoms with E-state index in [1.807, 2.05) is 13.0 Å². The van der Waals surface area contributed by atoms with Gasteiger partial charge in [0.05, 0.1) is 28.1 Å². The lowest BCUT2D eigenvalue weighted by molar-refractivity contribution is -0.148. The number of hydrogen-bond donors (Lipinski definition) is 1. The second-order valence-electron chi connectivity index (χ2n) is 9.84. The van der Waals surface area contributed by atoms with Gasteiger partial charge in [-0.3, -0.25) is 9.10 Å². The third kappa shape index (κ3) is 5.47. The number of alkyl halides is 3. The number of carboxylic acids is 1. The largest absolute Gasteiger partial charge is 0.486 e. The van der Waals surface area contributed by atoms with Crippen LogP contribution in [0.3, 0.4) is 0 Å². The third-order valence-corrected chi connectivity index (χ3v) is 8.48. The van der Waals surface area contributed by atoms with E-state index in [0.29, 0.717) is 16.7 Å². The van der Waals surface area contributed by atoms with E-state index >= 15 is 0 Å². The Bertz CT molecular complexity index is 1500. The third-order valence-electron chi connectivity index (χ3n) is 6.47. The van der Waals surface area contributed by atoms with Crippen molar-refractivity contribution in [1.29, 1.82) is 0 Å². The van der Waals surface area contributed by atoms with Gasteiger partial charge in [0.15, 0.2) is 0 Å². The number of carboxylic acid groups (broad SMARTS) is 1. The van der Waals surface area contributed by atoms with E-state index in [1.165, 1.54) is 13.8 Å². The van der Waals surface area contributed by atoms with E-state index < -0.39 is 44.1 Å². The molecule has 0 fully saturated rings. The van der Waals surface area contributed by atoms with E-state index in [4.69, 9.17) is 16.3 Å². The van der Waals surface area contributed by atoms with Crippen LogP contribution in [0.2, 0.25) is 5.02 Å². The predicted octanol–water partition coefficient (Wildman–Crippen LogP) is 6.79. The number of benzene rings is 3. The van der Waals surface area contributed by atoms with Gasteiger partial charge in [-0.05, 0) is 79.9 Å². The molecule has 4 rings (SSSR count). The molecule has 0 aromatic heterocycles. The number of sulfonamides is 1. The Morgan fingerprint density at radius 3 is 2.47 bits per heavy atom. The molecule has 38 heavy (non-hydrogen) atoms. The summed E-state index contributed by atoms with van der Waals surface area (Å²) in [5.41, 5.74) is 0.0276. The highest BCUT2D eigenvalue weighted by Crippen LogP contribution is 2.43. The van der Waals surface area contributed by atoms with E-state index in [0.717, 1.165) is 33.6 Å². The number of rotatable bonds is 6. The lowest BCUT2D eigenvalue weighted by Crippen LogP contribution is -2.46. The van der Waals surface area contributed by atoms with Crippen LogP contribution in [0, 0.1) is 12.3 Å². The van der Waals surface area contributed by atoms with Gasteiger partial charge in [0.25, 0.3) is 10.0 Å². The lowest BCUT2D eigenvalue weighted by atomic mass is 9.86. The van der Waals surface area contributed by atoms with Crippen LogP contribution in [0.15, 0.2) is 65.6 Å². The maximum atomic E-state index is 13.8. The number of aliphatic carboxylic acids is 1. The number of anilines is 1. The minimum absolute atomic E-state index is 0.0362. The van der Waals surface area contributed by atoms with Gasteiger partial charge in [-0.15, -0.1) is 0 Å². The minimum atomic E-state index is -4.74. The van der Waals surface area contributed by atoms with E-state index in [9.17, 15) is 31.5 Å². The number of halogens is 4. The topological polar surface area (TPSA) is 83.9 Å². The Kier molecular flexibility index (Phi) is 7.18. The summed E-state index contributed by atoms with van der Waals surface area (Å²) in [4.78, 5) is 11.2. The molecule has 0 bridgehead atoms. The van der Waals surface area contributed by atoms with Crippen molar-refractivity contribution in [3.05, 3.63) is 76.8 Å². The summed E-state index contributed by atoms with van der Waals surface area (Å²) in [5, 5.41) is 10.1. The number of hydrogen-bond acceptors (Lipinski definition) is 4. The lowest BCUT2D eigenvalue weighted by Gasteiger charge is -2.38. The SMILES string of the molecule is Cc1ccc(Cl)cc1-c1ccc2c(c1)N(S(=O)(=O)c1cccc(C(F)(F)F)c1)C[C@H](CC(C)(C)C(=O)O)O2. The van der Waals surface area contributed by atoms with Crippen LogP contribution in [-0.4, -0.2) is 32.1 Å². The molecule has 1 aliphatic heterocycles. The summed E-state index contributed by atoms with van der Waals surface area (Å²) in [6.07, 6.45) is -5.64. The van der Waals surface area contributed by atoms with Crippen molar-refractivity contribution in [3.63, 3.8) is 0 Å². The van der Waals surface area contributed by atoms with Gasteiger partial charge in [-0.1, -0.05) is 29.8 Å². The Labute approximate surface area is 223 Å². The molecular formula is C27H25ClF3NO5S. The molecule has 3 aromatic carbocycles. The zero-order chi connectivity index (χ0) is 28.0. The molecule has 11 heteroatoms. The Morgan fingerprint density at radius 2 is 1.82 bits per heavy atom. The molecule has 0 amide bonds. The van der Waals surface area contributed by atoms with Gasteiger partial charge in [-0.2, -0.15) is 13.2 Å². The zero-order valence-electron chi connectivity index (χ0n) is 20.7. The number of carbonyl (C=O) groups is 1. The standard InChI is InChI=1S/C27H25ClF3NO5S/c1-16-7-9-19(28)13-22(16)17-8-10-24-23(11-17)32(15-20(37-24)14-26(2,3)25(33)34)38(35,36)21-6-4-5-18(12-21)27(29,30)31/h4-13,20H,14-15H2,1-3H3,(H,33,34)/t20-/m0/s1. The summed E-state index contributed by atoms with van der Waals surface area (Å²) < 4.78 is 74.8. The number of ether oxygens (including phenoxy) is 1. The molecule has 0 spiro atoms. The first kappa shape index (κ1) is 27.8. The van der Waals surface area contributed by atoms with Gasteiger partial charge in [-0.25, -0.2) is 8.42 Å². The summed E-state index contributed by atoms with van der Waals surface area (Å²) in [6.45, 7) is 4.55. The highest BCUT2D eigenvalue weighted by atomic mass is 35.5. The van der Waals surface area contributed by atoms with Crippen molar-refractivity contribution in [1.82, 2.24) is 0 Å². The quantitative estimate of drug-likeness (QED) is 0.354. The average Bonchev–Trinajstić information content (AvgIpc) is 2.84. The molecule has 202 valence electrons. The summed E-state index contributed by atoms with van der Waals surface area (Å²) >= 11 is 6.18. The normalized spacial score (nSPS) is 16.1. The minimum Gasteiger partial charge on any atom is -0.486 e. The average molecular weight is 568 g/mol. The van der Waals surface area contributed by atoms with Crippen molar-refractivity contribution in [3.8, 4) is 16.9 Å². The summed E-state index contributed by atoms with van der Waals surface area (Å²) in [6, 6.07) is 13.7. The fourth-order valence-electron chi connectivity index (χ4n) is 4.34. The second kappa shape index (κ2) is 9.81. The predicted molar refractivity (Wildman–Crippen MR) is 138 cm³/mol. The van der Waals surface area contributed by atoms with Gasteiger partial charge >= 0.3 is 12.1 Å². The summed E-state index contributed by atoms with van der Waals surface area (Å²) in [7, 11) is -4.50. The van der Waals surface area contributed by atoms with Gasteiger partial charge < -0.3 is 9.84 Å². The molecule has 0 aliphatic carbocycles. The van der Waals surface area contributed by atoms with Crippen LogP contribution in [0.25, 0.3) is 11.1 Å². The molecule has 1 atom stereocenters. The maximum Gasteiger partial charge on any atom is 0.416 e. The van der Waals surface area contributed by atoms with Gasteiger partial charge in [0, 0.05) is 11.4 Å². The van der Waals surface area contributed by atoms with E-state index in [2.05, 4.69) is 0 Å². The van der Waals surface area contributed by atoms with Crippen LogP contribution in [0.5, 0.6) is 5.75 Å². The first-order chi connectivity index (χ1) is 17.6. The highest BCUT2D eigenvalue weighted by molar-refractivity contribution is 7.92. The molecule has 3 aromatic rings. The maximum absolute atomic E-state index is 13.8. The van der Waals surface area contributed by atoms with Crippen molar-refractivity contribution in [2.24, 2.45) is 5.41 Å². The molecule has 6 nitrogen and oxygen atoms in total. The molecule has 1 aliphatic rings. The molecule has 0 saturated heterocycles. The highest BCUT2D eigenvalue weighted by Gasteiger charge is 2.40. The monoisotopic (exact) mass is 567 g/mol. The fourth-order valence-corrected chi connectivity index (χ4v) is 6.05. The smallest absolute Gasteiger partial charge is 0.416 e.